The van der Waals surface area contributed by atoms with Gasteiger partial charge in [-0.05, 0) is 25.6 Å². The average Bonchev–Trinajstić information content (AvgIpc) is 1.78. The van der Waals surface area contributed by atoms with Crippen LogP contribution < -0.4 is 5.32 Å². The largest absolute Gasteiger partial charge is 0.354 e. The van der Waals surface area contributed by atoms with Crippen LogP contribution >= 0.6 is 0 Å². The number of hydrogen-bond acceptors (Lipinski definition) is 1. The van der Waals surface area contributed by atoms with Crippen molar-refractivity contribution >= 4 is 13.8 Å². The fraction of sp³-hybridized carbons (Fsp3) is 0.833. The number of hydrogen-bond donors (Lipinski definition) is 1. The molecule has 1 rings (SSSR count). The van der Waals surface area contributed by atoms with Gasteiger partial charge in [0.15, 0.2) is 0 Å². The third-order valence-corrected chi connectivity index (χ3v) is 1.79. The van der Waals surface area contributed by atoms with Crippen LogP contribution in [0.25, 0.3) is 0 Å². The molecule has 9 heavy (non-hydrogen) atoms. The Balaban J connectivity index is 2.09. The van der Waals surface area contributed by atoms with Gasteiger partial charge in [0, 0.05) is 6.04 Å². The summed E-state index contributed by atoms with van der Waals surface area (Å²) in [5, 5.41) is 2.93. The van der Waals surface area contributed by atoms with Crippen LogP contribution in [0, 0.1) is 0 Å². The van der Waals surface area contributed by atoms with Gasteiger partial charge in [0.2, 0.25) is 5.91 Å². The Kier molecular flexibility index (Phi) is 2.14. The van der Waals surface area contributed by atoms with E-state index in [-0.39, 0.29) is 5.91 Å². The van der Waals surface area contributed by atoms with Crippen molar-refractivity contribution in [2.45, 2.75) is 31.6 Å². The van der Waals surface area contributed by atoms with E-state index >= 15 is 0 Å². The third-order valence-electron chi connectivity index (χ3n) is 1.79. The van der Waals surface area contributed by atoms with E-state index in [0.29, 0.717) is 12.4 Å². The Morgan fingerprint density at radius 1 is 1.67 bits per heavy atom. The predicted molar refractivity (Wildman–Crippen MR) is 39.1 cm³/mol. The van der Waals surface area contributed by atoms with E-state index in [0.717, 1.165) is 0 Å². The van der Waals surface area contributed by atoms with Crippen LogP contribution in [0.5, 0.6) is 0 Å². The lowest BCUT2D eigenvalue weighted by atomic mass is 9.92. The van der Waals surface area contributed by atoms with Crippen LogP contribution in [0.1, 0.15) is 19.3 Å². The van der Waals surface area contributed by atoms with E-state index in [1.165, 1.54) is 19.3 Å². The molecule has 0 aromatic rings. The number of carbonyl (C=O) groups excluding carboxylic acids is 1. The second-order valence-corrected chi connectivity index (χ2v) is 2.55. The standard InChI is InChI=1S/C6H12BNO/c7-4-6(9)8-5-2-1-3-5/h5H,1-4,7H2,(H,8,9). The van der Waals surface area contributed by atoms with Crippen molar-refractivity contribution in [3.63, 3.8) is 0 Å². The molecule has 1 aliphatic rings. The van der Waals surface area contributed by atoms with E-state index in [1.54, 1.807) is 0 Å². The first kappa shape index (κ1) is 6.65. The molecule has 0 atom stereocenters. The molecule has 0 unspecified atom stereocenters. The van der Waals surface area contributed by atoms with E-state index < -0.39 is 0 Å². The minimum atomic E-state index is 0.194. The summed E-state index contributed by atoms with van der Waals surface area (Å²) in [5.41, 5.74) is 0. The first-order valence-corrected chi connectivity index (χ1v) is 3.62. The quantitative estimate of drug-likeness (QED) is 0.504. The van der Waals surface area contributed by atoms with Gasteiger partial charge in [-0.25, -0.2) is 0 Å². The fourth-order valence-electron chi connectivity index (χ4n) is 0.882. The lowest BCUT2D eigenvalue weighted by Gasteiger charge is -2.26. The van der Waals surface area contributed by atoms with Crippen molar-refractivity contribution in [1.29, 1.82) is 0 Å². The highest BCUT2D eigenvalue weighted by molar-refractivity contribution is 6.19. The summed E-state index contributed by atoms with van der Waals surface area (Å²) < 4.78 is 0. The summed E-state index contributed by atoms with van der Waals surface area (Å²) in [6.45, 7) is 0. The Labute approximate surface area is 56.4 Å². The molecule has 0 spiro atoms. The van der Waals surface area contributed by atoms with E-state index in [1.807, 2.05) is 7.85 Å². The fourth-order valence-corrected chi connectivity index (χ4v) is 0.882. The van der Waals surface area contributed by atoms with Gasteiger partial charge in [0.25, 0.3) is 0 Å². The molecule has 0 bridgehead atoms. The first-order chi connectivity index (χ1) is 4.33. The molecule has 3 heteroatoms. The van der Waals surface area contributed by atoms with Gasteiger partial charge in [0.1, 0.15) is 7.85 Å². The molecule has 1 N–H and O–H groups in total. The molecule has 0 aliphatic heterocycles. The van der Waals surface area contributed by atoms with Gasteiger partial charge >= 0.3 is 0 Å². The number of nitrogens with one attached hydrogen (secondary N) is 1. The Hall–Kier alpha value is -0.465. The van der Waals surface area contributed by atoms with Crippen LogP contribution in [0.4, 0.5) is 0 Å². The Bertz CT molecular complexity index is 112. The molecule has 1 aliphatic carbocycles. The van der Waals surface area contributed by atoms with Crippen molar-refractivity contribution in [1.82, 2.24) is 5.32 Å². The Morgan fingerprint density at radius 2 is 2.33 bits per heavy atom. The SMILES string of the molecule is BCC(=O)NC1CCC1. The third kappa shape index (κ3) is 1.73. The van der Waals surface area contributed by atoms with Gasteiger partial charge in [-0.2, -0.15) is 0 Å². The molecule has 0 aromatic heterocycles. The molecule has 0 aromatic carbocycles. The van der Waals surface area contributed by atoms with Crippen molar-refractivity contribution in [2.75, 3.05) is 0 Å². The maximum absolute atomic E-state index is 10.7. The molecule has 1 fully saturated rings. The number of rotatable bonds is 2. The highest BCUT2D eigenvalue weighted by Crippen LogP contribution is 2.17. The van der Waals surface area contributed by atoms with Crippen LogP contribution in [0.15, 0.2) is 0 Å². The highest BCUT2D eigenvalue weighted by atomic mass is 16.1. The average molecular weight is 125 g/mol. The van der Waals surface area contributed by atoms with Gasteiger partial charge in [-0.1, -0.05) is 0 Å². The molecular weight excluding hydrogens is 113 g/mol. The second kappa shape index (κ2) is 2.90. The van der Waals surface area contributed by atoms with Crippen molar-refractivity contribution in [3.8, 4) is 0 Å². The van der Waals surface area contributed by atoms with E-state index in [4.69, 9.17) is 0 Å². The zero-order valence-electron chi connectivity index (χ0n) is 5.81. The van der Waals surface area contributed by atoms with E-state index in [9.17, 15) is 4.79 Å². The minimum Gasteiger partial charge on any atom is -0.354 e. The summed E-state index contributed by atoms with van der Waals surface area (Å²) in [7, 11) is 1.88. The minimum absolute atomic E-state index is 0.194. The van der Waals surface area contributed by atoms with Crippen LogP contribution in [-0.2, 0) is 4.79 Å². The molecule has 0 heterocycles. The topological polar surface area (TPSA) is 29.1 Å². The molecule has 0 saturated heterocycles. The molecule has 2 nitrogen and oxygen atoms in total. The number of carbonyl (C=O) groups is 1. The van der Waals surface area contributed by atoms with Crippen molar-refractivity contribution < 1.29 is 4.79 Å². The van der Waals surface area contributed by atoms with Gasteiger partial charge in [0.05, 0.1) is 0 Å². The normalized spacial score (nSPS) is 18.7. The summed E-state index contributed by atoms with van der Waals surface area (Å²) in [5.74, 6) is 0.194. The van der Waals surface area contributed by atoms with E-state index in [2.05, 4.69) is 5.32 Å². The van der Waals surface area contributed by atoms with Gasteiger partial charge < -0.3 is 5.32 Å². The van der Waals surface area contributed by atoms with Crippen molar-refractivity contribution in [2.24, 2.45) is 0 Å². The molecular formula is C6H12BNO. The molecule has 1 saturated carbocycles. The predicted octanol–water partition coefficient (Wildman–Crippen LogP) is -0.294. The lowest BCUT2D eigenvalue weighted by molar-refractivity contribution is -0.120. The molecule has 1 amide bonds. The zero-order chi connectivity index (χ0) is 6.69. The summed E-state index contributed by atoms with van der Waals surface area (Å²) in [6, 6.07) is 0.512. The summed E-state index contributed by atoms with van der Waals surface area (Å²) >= 11 is 0. The maximum Gasteiger partial charge on any atom is 0.212 e. The number of amides is 1. The highest BCUT2D eigenvalue weighted by Gasteiger charge is 2.17. The van der Waals surface area contributed by atoms with Crippen LogP contribution in [0.2, 0.25) is 6.32 Å². The smallest absolute Gasteiger partial charge is 0.212 e. The van der Waals surface area contributed by atoms with Crippen LogP contribution in [-0.4, -0.2) is 19.8 Å². The first-order valence-electron chi connectivity index (χ1n) is 3.62. The molecule has 50 valence electrons. The second-order valence-electron chi connectivity index (χ2n) is 2.55. The Morgan fingerprint density at radius 3 is 2.67 bits per heavy atom. The summed E-state index contributed by atoms with van der Waals surface area (Å²) in [6.07, 6.45) is 4.28. The molecule has 0 radical (unpaired) electrons. The maximum atomic E-state index is 10.7. The lowest BCUT2D eigenvalue weighted by Crippen LogP contribution is -2.39. The monoisotopic (exact) mass is 125 g/mol. The summed E-state index contributed by atoms with van der Waals surface area (Å²) in [4.78, 5) is 10.7. The zero-order valence-corrected chi connectivity index (χ0v) is 5.81. The van der Waals surface area contributed by atoms with Crippen molar-refractivity contribution in [3.05, 3.63) is 0 Å². The van der Waals surface area contributed by atoms with Gasteiger partial charge in [-0.3, -0.25) is 4.79 Å². The van der Waals surface area contributed by atoms with Crippen LogP contribution in [0.3, 0.4) is 0 Å². The van der Waals surface area contributed by atoms with Gasteiger partial charge in [-0.15, -0.1) is 0 Å².